The Balaban J connectivity index is 2.19. The van der Waals surface area contributed by atoms with E-state index >= 15 is 0 Å². The first-order valence-corrected chi connectivity index (χ1v) is 7.22. The molecule has 2 N–H and O–H groups in total. The molecule has 0 atom stereocenters. The number of nitrogens with two attached hydrogens (primary N) is 1. The van der Waals surface area contributed by atoms with E-state index in [9.17, 15) is 0 Å². The van der Waals surface area contributed by atoms with Crippen LogP contribution in [0.1, 0.15) is 13.3 Å². The number of halogens is 1. The lowest BCUT2D eigenvalue weighted by atomic mass is 10.4. The molecule has 0 saturated carbocycles. The predicted octanol–water partition coefficient (Wildman–Crippen LogP) is 4.26. The fraction of sp³-hybridized carbons (Fsp3) is 0.214. The molecule has 0 aliphatic heterocycles. The van der Waals surface area contributed by atoms with E-state index in [0.717, 1.165) is 16.3 Å². The van der Waals surface area contributed by atoms with E-state index in [-0.39, 0.29) is 0 Å². The van der Waals surface area contributed by atoms with Gasteiger partial charge in [0.1, 0.15) is 5.03 Å². The van der Waals surface area contributed by atoms with E-state index in [4.69, 9.17) is 22.1 Å². The van der Waals surface area contributed by atoms with Crippen molar-refractivity contribution in [2.75, 3.05) is 12.3 Å². The molecule has 1 aromatic heterocycles. The maximum Gasteiger partial charge on any atom is 0.238 e. The first-order valence-electron chi connectivity index (χ1n) is 6.02. The van der Waals surface area contributed by atoms with Crippen molar-refractivity contribution in [1.29, 1.82) is 0 Å². The summed E-state index contributed by atoms with van der Waals surface area (Å²) in [5, 5.41) is 1.52. The summed E-state index contributed by atoms with van der Waals surface area (Å²) in [7, 11) is 0. The van der Waals surface area contributed by atoms with Gasteiger partial charge >= 0.3 is 0 Å². The average molecular weight is 295 g/mol. The van der Waals surface area contributed by atoms with Crippen molar-refractivity contribution < 1.29 is 4.74 Å². The predicted molar refractivity (Wildman–Crippen MR) is 80.0 cm³/mol. The van der Waals surface area contributed by atoms with E-state index in [2.05, 4.69) is 4.98 Å². The number of nitrogen functional groups attached to an aromatic ring is 1. The first-order chi connectivity index (χ1) is 9.20. The molecule has 1 aromatic carbocycles. The zero-order valence-electron chi connectivity index (χ0n) is 10.6. The summed E-state index contributed by atoms with van der Waals surface area (Å²) in [6.45, 7) is 2.65. The van der Waals surface area contributed by atoms with Gasteiger partial charge in [-0.3, -0.25) is 0 Å². The van der Waals surface area contributed by atoms with Crippen LogP contribution in [0, 0.1) is 0 Å². The Kier molecular flexibility index (Phi) is 4.93. The molecular weight excluding hydrogens is 280 g/mol. The van der Waals surface area contributed by atoms with E-state index in [1.165, 1.54) is 11.8 Å². The van der Waals surface area contributed by atoms with E-state index < -0.39 is 0 Å². The minimum Gasteiger partial charge on any atom is -0.476 e. The minimum atomic E-state index is 0.485. The molecule has 0 amide bonds. The van der Waals surface area contributed by atoms with Crippen LogP contribution in [-0.4, -0.2) is 11.6 Å². The van der Waals surface area contributed by atoms with Crippen LogP contribution in [-0.2, 0) is 0 Å². The average Bonchev–Trinajstić information content (AvgIpc) is 2.42. The third kappa shape index (κ3) is 3.78. The zero-order valence-corrected chi connectivity index (χ0v) is 12.2. The third-order valence-electron chi connectivity index (χ3n) is 2.36. The van der Waals surface area contributed by atoms with Gasteiger partial charge in [0.15, 0.2) is 0 Å². The topological polar surface area (TPSA) is 48.1 Å². The summed E-state index contributed by atoms with van der Waals surface area (Å²) < 4.78 is 5.51. The molecule has 19 heavy (non-hydrogen) atoms. The molecule has 5 heteroatoms. The maximum absolute atomic E-state index is 6.12. The van der Waals surface area contributed by atoms with Crippen LogP contribution < -0.4 is 10.5 Å². The van der Waals surface area contributed by atoms with Crippen molar-refractivity contribution in [3.05, 3.63) is 41.4 Å². The van der Waals surface area contributed by atoms with Gasteiger partial charge in [-0.25, -0.2) is 4.98 Å². The lowest BCUT2D eigenvalue weighted by Gasteiger charge is -2.09. The van der Waals surface area contributed by atoms with Gasteiger partial charge in [0.25, 0.3) is 0 Å². The quantitative estimate of drug-likeness (QED) is 0.895. The van der Waals surface area contributed by atoms with Gasteiger partial charge in [-0.05, 0) is 30.7 Å². The molecule has 0 aliphatic carbocycles. The van der Waals surface area contributed by atoms with Crippen LogP contribution in [0.15, 0.2) is 46.3 Å². The second-order valence-electron chi connectivity index (χ2n) is 3.92. The number of rotatable bonds is 5. The van der Waals surface area contributed by atoms with E-state index in [1.54, 1.807) is 6.07 Å². The van der Waals surface area contributed by atoms with Crippen LogP contribution >= 0.6 is 23.4 Å². The van der Waals surface area contributed by atoms with Gasteiger partial charge in [-0.2, -0.15) is 0 Å². The Morgan fingerprint density at radius 3 is 2.79 bits per heavy atom. The van der Waals surface area contributed by atoms with Crippen LogP contribution in [0.3, 0.4) is 0 Å². The number of pyridine rings is 1. The number of benzene rings is 1. The molecule has 1 heterocycles. The van der Waals surface area contributed by atoms with Crippen molar-refractivity contribution in [2.45, 2.75) is 23.3 Å². The highest BCUT2D eigenvalue weighted by Gasteiger charge is 2.07. The van der Waals surface area contributed by atoms with E-state index in [1.807, 2.05) is 37.3 Å². The van der Waals surface area contributed by atoms with Crippen molar-refractivity contribution in [2.24, 2.45) is 0 Å². The van der Waals surface area contributed by atoms with Gasteiger partial charge < -0.3 is 10.5 Å². The number of hydrogen-bond acceptors (Lipinski definition) is 4. The number of ether oxygens (including phenoxy) is 1. The highest BCUT2D eigenvalue weighted by atomic mass is 35.5. The molecule has 2 aromatic rings. The lowest BCUT2D eigenvalue weighted by molar-refractivity contribution is 0.305. The monoisotopic (exact) mass is 294 g/mol. The number of nitrogens with zero attached hydrogens (tertiary/aromatic N) is 1. The second-order valence-corrected chi connectivity index (χ2v) is 5.39. The molecular formula is C14H15ClN2OS. The van der Waals surface area contributed by atoms with Gasteiger partial charge in [0, 0.05) is 4.90 Å². The maximum atomic E-state index is 6.12. The molecule has 0 fully saturated rings. The Bertz CT molecular complexity index is 563. The molecule has 100 valence electrons. The largest absolute Gasteiger partial charge is 0.476 e. The van der Waals surface area contributed by atoms with Crippen LogP contribution in [0.4, 0.5) is 5.69 Å². The van der Waals surface area contributed by atoms with Gasteiger partial charge in [-0.15, -0.1) is 0 Å². The Labute approximate surface area is 122 Å². The number of aromatic nitrogens is 1. The number of anilines is 1. The molecule has 0 unspecified atom stereocenters. The standard InChI is InChI=1S/C14H15ClN2OS/c1-2-9-18-14-11(16)7-8-13(17-14)19-12-6-4-3-5-10(12)15/h3-8H,2,9,16H2,1H3. The third-order valence-corrected chi connectivity index (χ3v) is 3.81. The first kappa shape index (κ1) is 14.0. The highest BCUT2D eigenvalue weighted by Crippen LogP contribution is 2.33. The van der Waals surface area contributed by atoms with Crippen LogP contribution in [0.25, 0.3) is 0 Å². The van der Waals surface area contributed by atoms with Crippen LogP contribution in [0.2, 0.25) is 5.02 Å². The molecule has 2 rings (SSSR count). The SMILES string of the molecule is CCCOc1nc(Sc2ccccc2Cl)ccc1N. The van der Waals surface area contributed by atoms with Crippen molar-refractivity contribution in [3.63, 3.8) is 0 Å². The Morgan fingerprint density at radius 1 is 1.26 bits per heavy atom. The van der Waals surface area contributed by atoms with Crippen molar-refractivity contribution >= 4 is 29.1 Å². The fourth-order valence-corrected chi connectivity index (χ4v) is 2.50. The number of hydrogen-bond donors (Lipinski definition) is 1. The Morgan fingerprint density at radius 2 is 2.05 bits per heavy atom. The Hall–Kier alpha value is -1.39. The molecule has 0 spiro atoms. The summed E-state index contributed by atoms with van der Waals surface area (Å²) in [4.78, 5) is 5.36. The highest BCUT2D eigenvalue weighted by molar-refractivity contribution is 7.99. The molecule has 0 bridgehead atoms. The molecule has 0 aliphatic rings. The van der Waals surface area contributed by atoms with Crippen LogP contribution in [0.5, 0.6) is 5.88 Å². The summed E-state index contributed by atoms with van der Waals surface area (Å²) in [5.41, 5.74) is 6.38. The molecule has 0 radical (unpaired) electrons. The van der Waals surface area contributed by atoms with Gasteiger partial charge in [-0.1, -0.05) is 42.4 Å². The minimum absolute atomic E-state index is 0.485. The summed E-state index contributed by atoms with van der Waals surface area (Å²) in [6.07, 6.45) is 0.920. The zero-order chi connectivity index (χ0) is 13.7. The normalized spacial score (nSPS) is 10.4. The lowest BCUT2D eigenvalue weighted by Crippen LogP contribution is -2.01. The molecule has 3 nitrogen and oxygen atoms in total. The fourth-order valence-electron chi connectivity index (χ4n) is 1.45. The van der Waals surface area contributed by atoms with Gasteiger partial charge in [0.05, 0.1) is 17.3 Å². The van der Waals surface area contributed by atoms with Crippen molar-refractivity contribution in [1.82, 2.24) is 4.98 Å². The molecule has 0 saturated heterocycles. The summed E-state index contributed by atoms with van der Waals surface area (Å²) in [5.74, 6) is 0.485. The van der Waals surface area contributed by atoms with E-state index in [0.29, 0.717) is 23.2 Å². The second kappa shape index (κ2) is 6.68. The van der Waals surface area contributed by atoms with Gasteiger partial charge in [0.2, 0.25) is 5.88 Å². The van der Waals surface area contributed by atoms with Crippen molar-refractivity contribution in [3.8, 4) is 5.88 Å². The summed E-state index contributed by atoms with van der Waals surface area (Å²) >= 11 is 7.62. The smallest absolute Gasteiger partial charge is 0.238 e. The summed E-state index contributed by atoms with van der Waals surface area (Å²) in [6, 6.07) is 11.3.